The fourth-order valence-corrected chi connectivity index (χ4v) is 3.29. The maximum atomic E-state index is 13.2. The Kier molecular flexibility index (Phi) is 4.79. The van der Waals surface area contributed by atoms with Gasteiger partial charge in [-0.05, 0) is 43.2 Å². The van der Waals surface area contributed by atoms with Gasteiger partial charge in [-0.3, -0.25) is 4.79 Å². The van der Waals surface area contributed by atoms with Crippen LogP contribution in [0.15, 0.2) is 42.5 Å². The van der Waals surface area contributed by atoms with Gasteiger partial charge in [-0.25, -0.2) is 0 Å². The van der Waals surface area contributed by atoms with Crippen molar-refractivity contribution in [2.45, 2.75) is 31.5 Å². The number of nitrogens with zero attached hydrogens (tertiary/aromatic N) is 1. The standard InChI is InChI=1S/C21H23NO5/c1-24-16-9-10-17(25-2)14(11-16)12-22(15-7-8-15)21(23)20-13-26-18-5-3-4-6-19(18)27-20/h3-6,9-11,15,20H,7-8,12-13H2,1-2H3. The molecule has 6 heteroatoms. The molecule has 0 bridgehead atoms. The zero-order valence-corrected chi connectivity index (χ0v) is 15.5. The molecule has 1 amide bonds. The van der Waals surface area contributed by atoms with Crippen molar-refractivity contribution in [3.05, 3.63) is 48.0 Å². The summed E-state index contributed by atoms with van der Waals surface area (Å²) in [5, 5.41) is 0. The van der Waals surface area contributed by atoms with Gasteiger partial charge in [-0.2, -0.15) is 0 Å². The fraction of sp³-hybridized carbons (Fsp3) is 0.381. The summed E-state index contributed by atoms with van der Waals surface area (Å²) in [5.74, 6) is 2.70. The van der Waals surface area contributed by atoms with Gasteiger partial charge in [-0.15, -0.1) is 0 Å². The van der Waals surface area contributed by atoms with E-state index in [1.807, 2.05) is 47.4 Å². The third-order valence-corrected chi connectivity index (χ3v) is 4.88. The molecule has 2 aliphatic rings. The highest BCUT2D eigenvalue weighted by atomic mass is 16.6. The number of methoxy groups -OCH3 is 2. The Morgan fingerprint density at radius 2 is 1.89 bits per heavy atom. The average Bonchev–Trinajstić information content (AvgIpc) is 3.56. The zero-order chi connectivity index (χ0) is 18.8. The first-order chi connectivity index (χ1) is 13.2. The zero-order valence-electron chi connectivity index (χ0n) is 15.5. The van der Waals surface area contributed by atoms with E-state index in [2.05, 4.69) is 0 Å². The normalized spacial score (nSPS) is 17.9. The van der Waals surface area contributed by atoms with Crippen LogP contribution in [-0.2, 0) is 11.3 Å². The molecule has 1 heterocycles. The Morgan fingerprint density at radius 1 is 1.11 bits per heavy atom. The Hall–Kier alpha value is -2.89. The predicted molar refractivity (Wildman–Crippen MR) is 99.5 cm³/mol. The molecule has 142 valence electrons. The molecule has 4 rings (SSSR count). The highest BCUT2D eigenvalue weighted by Gasteiger charge is 2.39. The largest absolute Gasteiger partial charge is 0.497 e. The Balaban J connectivity index is 1.54. The Morgan fingerprint density at radius 3 is 2.59 bits per heavy atom. The third-order valence-electron chi connectivity index (χ3n) is 4.88. The molecule has 1 unspecified atom stereocenters. The lowest BCUT2D eigenvalue weighted by Gasteiger charge is -2.31. The van der Waals surface area contributed by atoms with Crippen molar-refractivity contribution in [2.75, 3.05) is 20.8 Å². The van der Waals surface area contributed by atoms with Crippen LogP contribution < -0.4 is 18.9 Å². The van der Waals surface area contributed by atoms with Gasteiger partial charge in [0, 0.05) is 18.2 Å². The van der Waals surface area contributed by atoms with Crippen LogP contribution in [0.5, 0.6) is 23.0 Å². The van der Waals surface area contributed by atoms with Crippen molar-refractivity contribution in [1.29, 1.82) is 0 Å². The van der Waals surface area contributed by atoms with Gasteiger partial charge in [0.1, 0.15) is 18.1 Å². The summed E-state index contributed by atoms with van der Waals surface area (Å²) >= 11 is 0. The molecule has 27 heavy (non-hydrogen) atoms. The van der Waals surface area contributed by atoms with Crippen molar-refractivity contribution in [2.24, 2.45) is 0 Å². The summed E-state index contributed by atoms with van der Waals surface area (Å²) < 4.78 is 22.4. The minimum Gasteiger partial charge on any atom is -0.497 e. The topological polar surface area (TPSA) is 57.2 Å². The number of carbonyl (C=O) groups is 1. The van der Waals surface area contributed by atoms with E-state index in [1.165, 1.54) is 0 Å². The number of ether oxygens (including phenoxy) is 4. The smallest absolute Gasteiger partial charge is 0.267 e. The van der Waals surface area contributed by atoms with Gasteiger partial charge in [0.15, 0.2) is 11.5 Å². The molecular formula is C21H23NO5. The van der Waals surface area contributed by atoms with E-state index in [1.54, 1.807) is 14.2 Å². The van der Waals surface area contributed by atoms with Crippen LogP contribution in [0.25, 0.3) is 0 Å². The highest BCUT2D eigenvalue weighted by Crippen LogP contribution is 2.35. The predicted octanol–water partition coefficient (Wildman–Crippen LogP) is 3.03. The number of carbonyl (C=O) groups excluding carboxylic acids is 1. The number of rotatable bonds is 6. The van der Waals surface area contributed by atoms with Crippen molar-refractivity contribution >= 4 is 5.91 Å². The number of hydrogen-bond donors (Lipinski definition) is 0. The van der Waals surface area contributed by atoms with Gasteiger partial charge in [-0.1, -0.05) is 12.1 Å². The molecule has 0 radical (unpaired) electrons. The van der Waals surface area contributed by atoms with Gasteiger partial charge in [0.25, 0.3) is 5.91 Å². The molecule has 0 aromatic heterocycles. The monoisotopic (exact) mass is 369 g/mol. The lowest BCUT2D eigenvalue weighted by Crippen LogP contribution is -2.47. The molecule has 1 aliphatic heterocycles. The summed E-state index contributed by atoms with van der Waals surface area (Å²) in [5.41, 5.74) is 0.911. The van der Waals surface area contributed by atoms with E-state index >= 15 is 0 Å². The Labute approximate surface area is 158 Å². The van der Waals surface area contributed by atoms with Crippen molar-refractivity contribution in [3.8, 4) is 23.0 Å². The highest BCUT2D eigenvalue weighted by molar-refractivity contribution is 5.82. The summed E-state index contributed by atoms with van der Waals surface area (Å²) in [4.78, 5) is 15.1. The molecule has 1 saturated carbocycles. The number of benzene rings is 2. The number of para-hydroxylation sites is 2. The molecule has 1 atom stereocenters. The molecule has 2 aromatic rings. The maximum Gasteiger partial charge on any atom is 0.267 e. The van der Waals surface area contributed by atoms with E-state index in [-0.39, 0.29) is 18.6 Å². The van der Waals surface area contributed by atoms with Gasteiger partial charge in [0.2, 0.25) is 6.10 Å². The van der Waals surface area contributed by atoms with Crippen molar-refractivity contribution in [1.82, 2.24) is 4.90 Å². The molecular weight excluding hydrogens is 346 g/mol. The Bertz CT molecular complexity index is 833. The summed E-state index contributed by atoms with van der Waals surface area (Å²) in [7, 11) is 3.25. The summed E-state index contributed by atoms with van der Waals surface area (Å²) in [6, 6.07) is 13.3. The van der Waals surface area contributed by atoms with Crippen LogP contribution >= 0.6 is 0 Å². The van der Waals surface area contributed by atoms with Crippen molar-refractivity contribution < 1.29 is 23.7 Å². The summed E-state index contributed by atoms with van der Waals surface area (Å²) in [6.07, 6.45) is 1.36. The SMILES string of the molecule is COc1ccc(OC)c(CN(C(=O)C2COc3ccccc3O2)C2CC2)c1. The average molecular weight is 369 g/mol. The molecule has 0 saturated heterocycles. The molecule has 1 fully saturated rings. The van der Waals surface area contributed by atoms with Crippen LogP contribution in [0.4, 0.5) is 0 Å². The summed E-state index contributed by atoms with van der Waals surface area (Å²) in [6.45, 7) is 0.666. The first-order valence-corrected chi connectivity index (χ1v) is 9.09. The quantitative estimate of drug-likeness (QED) is 0.783. The van der Waals surface area contributed by atoms with Crippen LogP contribution in [0, 0.1) is 0 Å². The van der Waals surface area contributed by atoms with Gasteiger partial charge in [0.05, 0.1) is 14.2 Å². The number of fused-ring (bicyclic) bond motifs is 1. The first kappa shape index (κ1) is 17.5. The lowest BCUT2D eigenvalue weighted by atomic mass is 10.1. The minimum absolute atomic E-state index is 0.0584. The van der Waals surface area contributed by atoms with Crippen LogP contribution in [0.1, 0.15) is 18.4 Å². The van der Waals surface area contributed by atoms with E-state index in [9.17, 15) is 4.79 Å². The second-order valence-corrected chi connectivity index (χ2v) is 6.74. The van der Waals surface area contributed by atoms with Crippen LogP contribution in [-0.4, -0.2) is 43.8 Å². The molecule has 1 aliphatic carbocycles. The van der Waals surface area contributed by atoms with Gasteiger partial charge >= 0.3 is 0 Å². The van der Waals surface area contributed by atoms with E-state index in [0.29, 0.717) is 18.0 Å². The maximum absolute atomic E-state index is 13.2. The minimum atomic E-state index is -0.642. The third kappa shape index (κ3) is 3.65. The second kappa shape index (κ2) is 7.39. The molecule has 2 aromatic carbocycles. The molecule has 0 spiro atoms. The number of hydrogen-bond acceptors (Lipinski definition) is 5. The molecule has 6 nitrogen and oxygen atoms in total. The number of amides is 1. The van der Waals surface area contributed by atoms with E-state index < -0.39 is 6.10 Å². The lowest BCUT2D eigenvalue weighted by molar-refractivity contribution is -0.142. The van der Waals surface area contributed by atoms with Crippen LogP contribution in [0.2, 0.25) is 0 Å². The van der Waals surface area contributed by atoms with Gasteiger partial charge < -0.3 is 23.8 Å². The van der Waals surface area contributed by atoms with Crippen molar-refractivity contribution in [3.63, 3.8) is 0 Å². The first-order valence-electron chi connectivity index (χ1n) is 9.09. The fourth-order valence-electron chi connectivity index (χ4n) is 3.29. The molecule has 0 N–H and O–H groups in total. The van der Waals surface area contributed by atoms with Crippen LogP contribution in [0.3, 0.4) is 0 Å². The van der Waals surface area contributed by atoms with E-state index in [0.717, 1.165) is 29.9 Å². The second-order valence-electron chi connectivity index (χ2n) is 6.74. The van der Waals surface area contributed by atoms with E-state index in [4.69, 9.17) is 18.9 Å².